The molecular formula is C46H71NO11. The number of hydrogen-bond donors (Lipinski definition) is 1. The number of nitrogens with zero attached hydrogens (tertiary/aromatic N) is 1. The molecule has 58 heavy (non-hydrogen) atoms. The van der Waals surface area contributed by atoms with Gasteiger partial charge in [-0.1, -0.05) is 44.2 Å². The molecule has 0 spiro atoms. The molecule has 0 aromatic heterocycles. The van der Waals surface area contributed by atoms with Gasteiger partial charge in [0.25, 0.3) is 0 Å². The number of fused-ring (bicyclic) bond motifs is 5. The molecule has 0 radical (unpaired) electrons. The molecule has 3 saturated heterocycles. The van der Waals surface area contributed by atoms with Crippen LogP contribution < -0.4 is 0 Å². The summed E-state index contributed by atoms with van der Waals surface area (Å²) in [6.45, 7) is 12.2. The van der Waals surface area contributed by atoms with Gasteiger partial charge in [-0.15, -0.1) is 6.58 Å². The molecule has 6 rings (SSSR count). The Morgan fingerprint density at radius 3 is 2.45 bits per heavy atom. The summed E-state index contributed by atoms with van der Waals surface area (Å²) in [5.74, 6) is -1.82. The number of likely N-dealkylation sites (N-methyl/N-ethyl adjacent to an activating group) is 1. The smallest absolute Gasteiger partial charge is 0.307 e. The van der Waals surface area contributed by atoms with Gasteiger partial charge in [0.2, 0.25) is 0 Å². The maximum absolute atomic E-state index is 14.9. The number of ether oxygens (including phenoxy) is 8. The zero-order valence-corrected chi connectivity index (χ0v) is 36.2. The van der Waals surface area contributed by atoms with E-state index in [9.17, 15) is 14.7 Å². The Bertz CT molecular complexity index is 1500. The quantitative estimate of drug-likeness (QED) is 0.174. The molecule has 4 fully saturated rings. The van der Waals surface area contributed by atoms with Gasteiger partial charge in [-0.25, -0.2) is 0 Å². The Hall–Kier alpha value is -2.26. The van der Waals surface area contributed by atoms with Gasteiger partial charge in [0.15, 0.2) is 18.4 Å². The number of ketones is 1. The van der Waals surface area contributed by atoms with Crippen molar-refractivity contribution in [3.05, 3.63) is 48.6 Å². The van der Waals surface area contributed by atoms with Crippen molar-refractivity contribution in [3.63, 3.8) is 0 Å². The van der Waals surface area contributed by atoms with Gasteiger partial charge in [0.05, 0.1) is 61.7 Å². The lowest BCUT2D eigenvalue weighted by Gasteiger charge is -2.44. The number of carbonyl (C=O) groups excluding carboxylic acids is 2. The molecule has 0 aromatic rings. The molecule has 9 unspecified atom stereocenters. The Kier molecular flexibility index (Phi) is 15.7. The van der Waals surface area contributed by atoms with Gasteiger partial charge in [-0.05, 0) is 96.4 Å². The summed E-state index contributed by atoms with van der Waals surface area (Å²) in [4.78, 5) is 31.0. The second-order valence-electron chi connectivity index (χ2n) is 17.8. The Labute approximate surface area is 346 Å². The third kappa shape index (κ3) is 9.61. The molecule has 17 atom stereocenters. The number of cyclic esters (lactones) is 1. The first-order chi connectivity index (χ1) is 27.9. The summed E-state index contributed by atoms with van der Waals surface area (Å²) in [6.07, 6.45) is 14.9. The first kappa shape index (κ1) is 45.3. The number of methoxy groups -OCH3 is 2. The zero-order valence-electron chi connectivity index (χ0n) is 36.2. The maximum Gasteiger partial charge on any atom is 0.307 e. The predicted molar refractivity (Wildman–Crippen MR) is 219 cm³/mol. The molecule has 1 saturated carbocycles. The van der Waals surface area contributed by atoms with Crippen molar-refractivity contribution in [3.8, 4) is 0 Å². The van der Waals surface area contributed by atoms with Crippen molar-refractivity contribution < 1.29 is 52.6 Å². The van der Waals surface area contributed by atoms with E-state index in [-0.39, 0.29) is 85.1 Å². The predicted octanol–water partition coefficient (Wildman–Crippen LogP) is 5.96. The Morgan fingerprint density at radius 2 is 1.78 bits per heavy atom. The fourth-order valence-electron chi connectivity index (χ4n) is 11.0. The van der Waals surface area contributed by atoms with Crippen LogP contribution in [-0.2, 0) is 47.5 Å². The average molecular weight is 814 g/mol. The summed E-state index contributed by atoms with van der Waals surface area (Å²) in [5.41, 5.74) is -0.0211. The molecule has 326 valence electrons. The number of carbonyl (C=O) groups is 2. The van der Waals surface area contributed by atoms with Crippen LogP contribution in [0.5, 0.6) is 0 Å². The Balaban J connectivity index is 1.29. The van der Waals surface area contributed by atoms with E-state index in [4.69, 9.17) is 37.9 Å². The topological polar surface area (TPSA) is 131 Å². The first-order valence-corrected chi connectivity index (χ1v) is 21.9. The highest BCUT2D eigenvalue weighted by atomic mass is 16.7. The second kappa shape index (κ2) is 20.1. The fraction of sp³-hybridized carbons (Fsp3) is 0.783. The molecular weight excluding hydrogens is 743 g/mol. The highest BCUT2D eigenvalue weighted by Gasteiger charge is 2.58. The van der Waals surface area contributed by atoms with E-state index in [0.29, 0.717) is 43.9 Å². The Morgan fingerprint density at radius 1 is 1.00 bits per heavy atom. The van der Waals surface area contributed by atoms with E-state index < -0.39 is 36.1 Å². The lowest BCUT2D eigenvalue weighted by molar-refractivity contribution is -0.300. The van der Waals surface area contributed by atoms with Gasteiger partial charge >= 0.3 is 5.97 Å². The normalized spacial score (nSPS) is 43.6. The van der Waals surface area contributed by atoms with Crippen LogP contribution in [0.2, 0.25) is 0 Å². The second-order valence-corrected chi connectivity index (χ2v) is 17.8. The summed E-state index contributed by atoms with van der Waals surface area (Å²) < 4.78 is 50.7. The molecule has 3 heterocycles. The third-order valence-corrected chi connectivity index (χ3v) is 14.0. The van der Waals surface area contributed by atoms with Crippen molar-refractivity contribution in [1.82, 2.24) is 4.90 Å². The zero-order chi connectivity index (χ0) is 41.7. The number of aliphatic hydroxyl groups is 1. The number of Topliss-reactive ketones (excluding diaryl/α,β-unsaturated/α-hetero) is 1. The van der Waals surface area contributed by atoms with E-state index >= 15 is 0 Å². The molecule has 12 heteroatoms. The minimum atomic E-state index is -0.719. The average Bonchev–Trinajstić information content (AvgIpc) is 3.75. The van der Waals surface area contributed by atoms with Crippen molar-refractivity contribution >= 4 is 11.8 Å². The molecule has 0 aromatic carbocycles. The first-order valence-electron chi connectivity index (χ1n) is 21.9. The maximum atomic E-state index is 14.9. The highest BCUT2D eigenvalue weighted by molar-refractivity contribution is 5.99. The highest BCUT2D eigenvalue weighted by Crippen LogP contribution is 2.57. The third-order valence-electron chi connectivity index (χ3n) is 14.0. The number of allylic oxidation sites excluding steroid dienone is 4. The molecule has 3 aliphatic carbocycles. The van der Waals surface area contributed by atoms with Crippen molar-refractivity contribution in [2.45, 2.75) is 152 Å². The lowest BCUT2D eigenvalue weighted by atomic mass is 9.68. The molecule has 3 aliphatic heterocycles. The minimum Gasteiger partial charge on any atom is -0.458 e. The monoisotopic (exact) mass is 814 g/mol. The van der Waals surface area contributed by atoms with Crippen LogP contribution in [0.25, 0.3) is 0 Å². The van der Waals surface area contributed by atoms with Gasteiger partial charge in [0, 0.05) is 44.4 Å². The number of aliphatic hydroxyl groups excluding tert-OH is 1. The largest absolute Gasteiger partial charge is 0.458 e. The van der Waals surface area contributed by atoms with Gasteiger partial charge in [0.1, 0.15) is 12.2 Å². The van der Waals surface area contributed by atoms with E-state index in [1.807, 2.05) is 19.9 Å². The van der Waals surface area contributed by atoms with Crippen LogP contribution in [0.3, 0.4) is 0 Å². The van der Waals surface area contributed by atoms with Crippen LogP contribution in [0.1, 0.15) is 85.5 Å². The van der Waals surface area contributed by atoms with Crippen LogP contribution in [0.15, 0.2) is 48.6 Å². The summed E-state index contributed by atoms with van der Waals surface area (Å²) in [6, 6.07) is 0.306. The molecule has 0 bridgehead atoms. The van der Waals surface area contributed by atoms with E-state index in [1.54, 1.807) is 20.3 Å². The summed E-state index contributed by atoms with van der Waals surface area (Å²) >= 11 is 0. The summed E-state index contributed by atoms with van der Waals surface area (Å²) in [7, 11) is 7.39. The van der Waals surface area contributed by atoms with Crippen LogP contribution in [0.4, 0.5) is 0 Å². The minimum absolute atomic E-state index is 0.000108. The van der Waals surface area contributed by atoms with Crippen LogP contribution in [-0.4, -0.2) is 130 Å². The number of rotatable bonds is 13. The van der Waals surface area contributed by atoms with E-state index in [0.717, 1.165) is 25.7 Å². The molecule has 0 amide bonds. The van der Waals surface area contributed by atoms with Gasteiger partial charge < -0.3 is 47.9 Å². The van der Waals surface area contributed by atoms with Crippen molar-refractivity contribution in [2.75, 3.05) is 41.5 Å². The van der Waals surface area contributed by atoms with Crippen LogP contribution in [0, 0.1) is 35.5 Å². The van der Waals surface area contributed by atoms with Gasteiger partial charge in [-0.3, -0.25) is 9.59 Å². The van der Waals surface area contributed by atoms with Crippen LogP contribution >= 0.6 is 0 Å². The van der Waals surface area contributed by atoms with Gasteiger partial charge in [-0.2, -0.15) is 0 Å². The van der Waals surface area contributed by atoms with Crippen molar-refractivity contribution in [2.24, 2.45) is 35.5 Å². The number of esters is 1. The summed E-state index contributed by atoms with van der Waals surface area (Å²) in [5, 5.41) is 10.5. The van der Waals surface area contributed by atoms with E-state index in [2.05, 4.69) is 63.7 Å². The molecule has 1 N–H and O–H groups in total. The molecule has 6 aliphatic rings. The number of hydrogen-bond acceptors (Lipinski definition) is 12. The van der Waals surface area contributed by atoms with E-state index in [1.165, 1.54) is 0 Å². The lowest BCUT2D eigenvalue weighted by Crippen LogP contribution is -2.57. The fourth-order valence-corrected chi connectivity index (χ4v) is 11.0. The standard InChI is InChI=1S/C46H71NO11/c1-10-12-14-30-15-13-16-39(58-41-18-17-38(47(6)7)28(4)54-41)27(3)42(50)35-23-34-32(33(35)24-40(49)56-30)19-20-46(53-21-11-2)25-31(22-37(34)46)57-45-36(26-48)44(52-9)43(51-8)29(5)55-45/h11-12,14,19-20,23,27-34,36-39,41,43-45,48H,2,10,13,15-18,21-22,24-26H2,1,3-9H3/b14-12+/t27-,28?,29?,30+,31+,32+,33+,34-,36?,37+,38?,39+,41?,43?,44?,45?,46?/m1/s1. The molecule has 12 nitrogen and oxygen atoms in total. The van der Waals surface area contributed by atoms with Crippen molar-refractivity contribution in [1.29, 1.82) is 0 Å². The SMILES string of the molecule is C=CCOC12C=C[C@@H]3[C@@H](C=C4C(=O)[C@H](C)[C@@H](OC5CCC(N(C)C)C(C)O5)CCC[C@H](/C=C/CC)OC(=O)C[C@H]43)[C@@H]1C[C@H](OC1OC(C)C(OC)C(OC)C1CO)C2.